The number of amides is 1. The second kappa shape index (κ2) is 7.61. The van der Waals surface area contributed by atoms with Crippen molar-refractivity contribution in [1.29, 1.82) is 0 Å². The first-order valence-corrected chi connectivity index (χ1v) is 8.51. The van der Waals surface area contributed by atoms with Crippen molar-refractivity contribution in [1.82, 2.24) is 14.9 Å². The molecule has 6 heteroatoms. The molecule has 3 rings (SSSR count). The largest absolute Gasteiger partial charge is 0.377 e. The van der Waals surface area contributed by atoms with Crippen LogP contribution in [0.25, 0.3) is 0 Å². The summed E-state index contributed by atoms with van der Waals surface area (Å²) in [4.78, 5) is 25.7. The van der Waals surface area contributed by atoms with E-state index in [0.717, 1.165) is 35.7 Å². The van der Waals surface area contributed by atoms with Gasteiger partial charge in [-0.2, -0.15) is 0 Å². The third-order valence-corrected chi connectivity index (χ3v) is 4.35. The molecular formula is C19H24N4O2. The summed E-state index contributed by atoms with van der Waals surface area (Å²) in [6, 6.07) is 9.73. The Labute approximate surface area is 148 Å². The van der Waals surface area contributed by atoms with Gasteiger partial charge in [-0.25, -0.2) is 9.97 Å². The Morgan fingerprint density at radius 2 is 1.76 bits per heavy atom. The average Bonchev–Trinajstić information content (AvgIpc) is 2.62. The first-order valence-electron chi connectivity index (χ1n) is 8.51. The number of hydrogen-bond acceptors (Lipinski definition) is 5. The summed E-state index contributed by atoms with van der Waals surface area (Å²) >= 11 is 0. The van der Waals surface area contributed by atoms with Crippen LogP contribution in [0.2, 0.25) is 0 Å². The van der Waals surface area contributed by atoms with E-state index in [0.29, 0.717) is 25.5 Å². The van der Waals surface area contributed by atoms with Crippen LogP contribution in [0.1, 0.15) is 27.4 Å². The zero-order valence-corrected chi connectivity index (χ0v) is 15.0. The molecule has 0 radical (unpaired) electrons. The van der Waals surface area contributed by atoms with Crippen LogP contribution in [0.5, 0.6) is 0 Å². The number of rotatable bonds is 4. The number of piperazine rings is 1. The Kier molecular flexibility index (Phi) is 5.28. The number of benzene rings is 1. The molecule has 0 unspecified atom stereocenters. The van der Waals surface area contributed by atoms with E-state index in [-0.39, 0.29) is 5.91 Å². The highest BCUT2D eigenvalue weighted by molar-refractivity contribution is 5.94. The number of ether oxygens (including phenoxy) is 1. The van der Waals surface area contributed by atoms with E-state index in [1.54, 1.807) is 7.11 Å². The summed E-state index contributed by atoms with van der Waals surface area (Å²) in [6.07, 6.45) is 0. The monoisotopic (exact) mass is 340 g/mol. The van der Waals surface area contributed by atoms with Gasteiger partial charge >= 0.3 is 0 Å². The van der Waals surface area contributed by atoms with Gasteiger partial charge in [0.2, 0.25) is 0 Å². The molecule has 1 saturated heterocycles. The number of nitrogens with zero attached hydrogens (tertiary/aromatic N) is 4. The highest BCUT2D eigenvalue weighted by atomic mass is 16.5. The minimum absolute atomic E-state index is 0.0959. The van der Waals surface area contributed by atoms with Crippen molar-refractivity contribution in [3.8, 4) is 0 Å². The number of carbonyl (C=O) groups is 1. The van der Waals surface area contributed by atoms with Crippen molar-refractivity contribution < 1.29 is 9.53 Å². The Bertz CT molecular complexity index is 738. The van der Waals surface area contributed by atoms with E-state index in [1.807, 2.05) is 49.1 Å². The molecule has 1 fully saturated rings. The van der Waals surface area contributed by atoms with Gasteiger partial charge < -0.3 is 14.5 Å². The van der Waals surface area contributed by atoms with Gasteiger partial charge in [0, 0.05) is 50.6 Å². The molecule has 1 aromatic carbocycles. The van der Waals surface area contributed by atoms with E-state index in [9.17, 15) is 4.79 Å². The molecule has 0 saturated carbocycles. The molecule has 6 nitrogen and oxygen atoms in total. The first-order chi connectivity index (χ1) is 12.1. The van der Waals surface area contributed by atoms with Crippen molar-refractivity contribution in [2.24, 2.45) is 0 Å². The summed E-state index contributed by atoms with van der Waals surface area (Å²) in [7, 11) is 1.64. The Morgan fingerprint density at radius 3 is 2.40 bits per heavy atom. The third kappa shape index (κ3) is 4.14. The lowest BCUT2D eigenvalue weighted by atomic mass is 10.1. The maximum absolute atomic E-state index is 12.6. The fourth-order valence-corrected chi connectivity index (χ4v) is 2.99. The van der Waals surface area contributed by atoms with Gasteiger partial charge in [0.05, 0.1) is 0 Å². The number of hydrogen-bond donors (Lipinski definition) is 0. The van der Waals surface area contributed by atoms with Crippen LogP contribution in [0.15, 0.2) is 30.3 Å². The molecule has 1 aliphatic heterocycles. The molecule has 0 bridgehead atoms. The van der Waals surface area contributed by atoms with Crippen molar-refractivity contribution >= 4 is 11.7 Å². The first kappa shape index (κ1) is 17.4. The summed E-state index contributed by atoms with van der Waals surface area (Å²) in [5.41, 5.74) is 2.84. The molecular weight excluding hydrogens is 316 g/mol. The van der Waals surface area contributed by atoms with Crippen LogP contribution in [-0.2, 0) is 11.3 Å². The van der Waals surface area contributed by atoms with Gasteiger partial charge in [0.1, 0.15) is 12.4 Å². The van der Waals surface area contributed by atoms with Crippen LogP contribution in [-0.4, -0.2) is 54.1 Å². The van der Waals surface area contributed by atoms with Gasteiger partial charge in [0.15, 0.2) is 5.82 Å². The van der Waals surface area contributed by atoms with Gasteiger partial charge in [-0.15, -0.1) is 0 Å². The van der Waals surface area contributed by atoms with Crippen LogP contribution < -0.4 is 4.90 Å². The Balaban J connectivity index is 1.65. The molecule has 1 amide bonds. The number of methoxy groups -OCH3 is 1. The fraction of sp³-hybridized carbons (Fsp3) is 0.421. The van der Waals surface area contributed by atoms with Crippen LogP contribution >= 0.6 is 0 Å². The molecule has 1 aliphatic rings. The number of aromatic nitrogens is 2. The summed E-state index contributed by atoms with van der Waals surface area (Å²) in [6.45, 7) is 7.29. The highest BCUT2D eigenvalue weighted by Crippen LogP contribution is 2.17. The Hall–Kier alpha value is -2.47. The molecule has 0 aliphatic carbocycles. The zero-order valence-electron chi connectivity index (χ0n) is 15.0. The van der Waals surface area contributed by atoms with Crippen LogP contribution in [0.4, 0.5) is 5.82 Å². The van der Waals surface area contributed by atoms with E-state index in [1.165, 1.54) is 0 Å². The Morgan fingerprint density at radius 1 is 1.08 bits per heavy atom. The van der Waals surface area contributed by atoms with Gasteiger partial charge in [-0.3, -0.25) is 4.79 Å². The lowest BCUT2D eigenvalue weighted by Crippen LogP contribution is -2.49. The summed E-state index contributed by atoms with van der Waals surface area (Å²) in [5.74, 6) is 1.69. The predicted molar refractivity (Wildman–Crippen MR) is 96.8 cm³/mol. The zero-order chi connectivity index (χ0) is 17.8. The molecule has 0 atom stereocenters. The van der Waals surface area contributed by atoms with Crippen LogP contribution in [0, 0.1) is 13.8 Å². The van der Waals surface area contributed by atoms with Crippen molar-refractivity contribution in [2.45, 2.75) is 20.5 Å². The maximum atomic E-state index is 12.6. The number of anilines is 1. The van der Waals surface area contributed by atoms with E-state index < -0.39 is 0 Å². The SMILES string of the molecule is COCc1nc(C)cc(N2CCN(C(=O)c3ccc(C)cc3)CC2)n1. The molecule has 1 aromatic heterocycles. The maximum Gasteiger partial charge on any atom is 0.253 e. The standard InChI is InChI=1S/C19H24N4O2/c1-14-4-6-16(7-5-14)19(24)23-10-8-22(9-11-23)18-12-15(2)20-17(21-18)13-25-3/h4-7,12H,8-11,13H2,1-3H3. The number of aryl methyl sites for hydroxylation is 2. The average molecular weight is 340 g/mol. The summed E-state index contributed by atoms with van der Waals surface area (Å²) < 4.78 is 5.13. The minimum atomic E-state index is 0.0959. The van der Waals surface area contributed by atoms with Gasteiger partial charge in [0.25, 0.3) is 5.91 Å². The van der Waals surface area contributed by atoms with E-state index in [2.05, 4.69) is 14.9 Å². The lowest BCUT2D eigenvalue weighted by molar-refractivity contribution is 0.0746. The fourth-order valence-electron chi connectivity index (χ4n) is 2.99. The van der Waals surface area contributed by atoms with E-state index in [4.69, 9.17) is 4.74 Å². The summed E-state index contributed by atoms with van der Waals surface area (Å²) in [5, 5.41) is 0. The molecule has 25 heavy (non-hydrogen) atoms. The molecule has 132 valence electrons. The molecule has 2 aromatic rings. The molecule has 0 N–H and O–H groups in total. The smallest absolute Gasteiger partial charge is 0.253 e. The quantitative estimate of drug-likeness (QED) is 0.854. The van der Waals surface area contributed by atoms with Crippen molar-refractivity contribution in [2.75, 3.05) is 38.2 Å². The lowest BCUT2D eigenvalue weighted by Gasteiger charge is -2.35. The second-order valence-electron chi connectivity index (χ2n) is 6.36. The van der Waals surface area contributed by atoms with Crippen molar-refractivity contribution in [3.63, 3.8) is 0 Å². The topological polar surface area (TPSA) is 58.6 Å². The minimum Gasteiger partial charge on any atom is -0.377 e. The van der Waals surface area contributed by atoms with Crippen LogP contribution in [0.3, 0.4) is 0 Å². The van der Waals surface area contributed by atoms with Gasteiger partial charge in [-0.05, 0) is 26.0 Å². The van der Waals surface area contributed by atoms with E-state index >= 15 is 0 Å². The third-order valence-electron chi connectivity index (χ3n) is 4.35. The van der Waals surface area contributed by atoms with Crippen molar-refractivity contribution in [3.05, 3.63) is 53.0 Å². The normalized spacial score (nSPS) is 14.7. The second-order valence-corrected chi connectivity index (χ2v) is 6.36. The highest BCUT2D eigenvalue weighted by Gasteiger charge is 2.23. The van der Waals surface area contributed by atoms with Gasteiger partial charge in [-0.1, -0.05) is 17.7 Å². The molecule has 0 spiro atoms. The molecule has 2 heterocycles. The predicted octanol–water partition coefficient (Wildman–Crippen LogP) is 2.20. The number of carbonyl (C=O) groups excluding carboxylic acids is 1.